The molecular formula is C13H15O3+. The maximum Gasteiger partial charge on any atom is 0.516 e. The van der Waals surface area contributed by atoms with Crippen molar-refractivity contribution in [3.63, 3.8) is 0 Å². The van der Waals surface area contributed by atoms with Gasteiger partial charge in [0.15, 0.2) is 0 Å². The molecule has 0 unspecified atom stereocenters. The zero-order chi connectivity index (χ0) is 11.1. The quantitative estimate of drug-likeness (QED) is 0.704. The summed E-state index contributed by atoms with van der Waals surface area (Å²) >= 11 is 0. The highest BCUT2D eigenvalue weighted by Gasteiger charge is 2.32. The van der Waals surface area contributed by atoms with Crippen molar-refractivity contribution in [3.8, 4) is 5.75 Å². The van der Waals surface area contributed by atoms with Gasteiger partial charge in [0.05, 0.1) is 6.61 Å². The summed E-state index contributed by atoms with van der Waals surface area (Å²) in [4.78, 5) is 10.9. The lowest BCUT2D eigenvalue weighted by Gasteiger charge is -2.11. The molecule has 2 aliphatic rings. The maximum absolute atomic E-state index is 10.9. The fourth-order valence-corrected chi connectivity index (χ4v) is 2.98. The largest absolute Gasteiger partial charge is 0.565 e. The van der Waals surface area contributed by atoms with Crippen LogP contribution < -0.4 is 4.74 Å². The van der Waals surface area contributed by atoms with E-state index in [1.54, 1.807) is 0 Å². The summed E-state index contributed by atoms with van der Waals surface area (Å²) < 4.78 is 5.55. The number of fused-ring (bicyclic) bond motifs is 3. The predicted octanol–water partition coefficient (Wildman–Crippen LogP) is 1.29. The lowest BCUT2D eigenvalue weighted by Crippen LogP contribution is -2.05. The second-order valence-corrected chi connectivity index (χ2v) is 4.58. The Morgan fingerprint density at radius 3 is 3.12 bits per heavy atom. The number of carbonyl (C=O) groups is 1. The van der Waals surface area contributed by atoms with E-state index in [1.807, 2.05) is 6.07 Å². The molecule has 1 heterocycles. The molecule has 0 saturated carbocycles. The molecule has 0 radical (unpaired) electrons. The van der Waals surface area contributed by atoms with E-state index in [0.717, 1.165) is 31.6 Å². The van der Waals surface area contributed by atoms with Crippen LogP contribution in [-0.2, 0) is 17.6 Å². The highest BCUT2D eigenvalue weighted by Crippen LogP contribution is 2.43. The molecule has 1 aliphatic carbocycles. The van der Waals surface area contributed by atoms with Crippen molar-refractivity contribution in [3.05, 3.63) is 28.8 Å². The fourth-order valence-electron chi connectivity index (χ4n) is 2.98. The molecule has 16 heavy (non-hydrogen) atoms. The van der Waals surface area contributed by atoms with Crippen LogP contribution in [0, 0.1) is 0 Å². The molecule has 0 aromatic heterocycles. The van der Waals surface area contributed by atoms with E-state index >= 15 is 0 Å². The first kappa shape index (κ1) is 9.70. The molecule has 0 fully saturated rings. The Kier molecular flexibility index (Phi) is 2.13. The summed E-state index contributed by atoms with van der Waals surface area (Å²) in [5.74, 6) is 0.800. The van der Waals surface area contributed by atoms with Gasteiger partial charge in [0.1, 0.15) is 12.2 Å². The van der Waals surface area contributed by atoms with Gasteiger partial charge in [0.2, 0.25) is 0 Å². The monoisotopic (exact) mass is 219 g/mol. The van der Waals surface area contributed by atoms with Crippen molar-refractivity contribution in [1.29, 1.82) is 0 Å². The van der Waals surface area contributed by atoms with Crippen molar-refractivity contribution in [2.75, 3.05) is 6.61 Å². The molecule has 0 saturated heterocycles. The lowest BCUT2D eigenvalue weighted by molar-refractivity contribution is -0.137. The molecule has 3 heteroatoms. The molecule has 3 rings (SSSR count). The van der Waals surface area contributed by atoms with Crippen molar-refractivity contribution < 1.29 is 14.6 Å². The van der Waals surface area contributed by atoms with Gasteiger partial charge >= 0.3 is 5.97 Å². The Hall–Kier alpha value is -1.51. The predicted molar refractivity (Wildman–Crippen MR) is 59.9 cm³/mol. The molecule has 84 valence electrons. The number of hydrogen-bond acceptors (Lipinski definition) is 2. The highest BCUT2D eigenvalue weighted by molar-refractivity contribution is 5.69. The van der Waals surface area contributed by atoms with Crippen LogP contribution in [0.1, 0.15) is 35.4 Å². The average Bonchev–Trinajstić information content (AvgIpc) is 2.82. The van der Waals surface area contributed by atoms with Gasteiger partial charge in [-0.25, -0.2) is 0 Å². The Morgan fingerprint density at radius 2 is 2.31 bits per heavy atom. The summed E-state index contributed by atoms with van der Waals surface area (Å²) in [6.45, 7) is 0.757. The first-order valence-corrected chi connectivity index (χ1v) is 5.77. The van der Waals surface area contributed by atoms with Crippen LogP contribution in [0.4, 0.5) is 0 Å². The van der Waals surface area contributed by atoms with Crippen LogP contribution in [0.25, 0.3) is 0 Å². The first-order valence-electron chi connectivity index (χ1n) is 5.77. The maximum atomic E-state index is 10.9. The molecule has 1 atom stereocenters. The van der Waals surface area contributed by atoms with Crippen LogP contribution >= 0.6 is 0 Å². The molecule has 1 aromatic rings. The van der Waals surface area contributed by atoms with E-state index in [0.29, 0.717) is 6.42 Å². The second kappa shape index (κ2) is 3.51. The average molecular weight is 219 g/mol. The zero-order valence-corrected chi connectivity index (χ0v) is 9.08. The molecule has 0 amide bonds. The molecule has 1 aromatic carbocycles. The van der Waals surface area contributed by atoms with Crippen LogP contribution in [0.5, 0.6) is 5.75 Å². The Labute approximate surface area is 94.0 Å². The zero-order valence-electron chi connectivity index (χ0n) is 9.08. The van der Waals surface area contributed by atoms with Gasteiger partial charge in [-0.2, -0.15) is 0 Å². The summed E-state index contributed by atoms with van der Waals surface area (Å²) in [6.07, 6.45) is 3.38. The van der Waals surface area contributed by atoms with Crippen molar-refractivity contribution >= 4 is 5.97 Å². The van der Waals surface area contributed by atoms with Gasteiger partial charge in [-0.1, -0.05) is 6.07 Å². The van der Waals surface area contributed by atoms with E-state index in [9.17, 15) is 4.79 Å². The van der Waals surface area contributed by atoms with E-state index in [-0.39, 0.29) is 5.92 Å². The number of ether oxygens (including phenoxy) is 1. The topological polar surface area (TPSA) is 49.2 Å². The van der Waals surface area contributed by atoms with E-state index in [1.165, 1.54) is 16.7 Å². The second-order valence-electron chi connectivity index (χ2n) is 4.58. The summed E-state index contributed by atoms with van der Waals surface area (Å²) in [5, 5.41) is 7.11. The Morgan fingerprint density at radius 1 is 1.44 bits per heavy atom. The minimum absolute atomic E-state index is 0.261. The third-order valence-corrected chi connectivity index (χ3v) is 3.62. The SMILES string of the molecule is O=C([OH2+])C[C@H]1CCc2ccc3c(c21)CCO3. The smallest absolute Gasteiger partial charge is 0.516 e. The first-order chi connectivity index (χ1) is 7.75. The van der Waals surface area contributed by atoms with Gasteiger partial charge in [0, 0.05) is 22.7 Å². The van der Waals surface area contributed by atoms with E-state index in [2.05, 4.69) is 6.07 Å². The summed E-state index contributed by atoms with van der Waals surface area (Å²) in [5.41, 5.74) is 3.97. The van der Waals surface area contributed by atoms with Gasteiger partial charge in [-0.15, -0.1) is 0 Å². The number of rotatable bonds is 2. The minimum Gasteiger partial charge on any atom is -0.565 e. The van der Waals surface area contributed by atoms with Crippen LogP contribution in [0.2, 0.25) is 0 Å². The third kappa shape index (κ3) is 1.39. The fraction of sp³-hybridized carbons (Fsp3) is 0.462. The number of hydrogen-bond donors (Lipinski definition) is 0. The van der Waals surface area contributed by atoms with Gasteiger partial charge < -0.3 is 9.84 Å². The normalized spacial score (nSPS) is 21.4. The van der Waals surface area contributed by atoms with E-state index in [4.69, 9.17) is 9.84 Å². The van der Waals surface area contributed by atoms with Crippen LogP contribution in [0.3, 0.4) is 0 Å². The van der Waals surface area contributed by atoms with Gasteiger partial charge in [0.25, 0.3) is 0 Å². The number of aryl methyl sites for hydroxylation is 1. The van der Waals surface area contributed by atoms with Gasteiger partial charge in [-0.3, -0.25) is 0 Å². The third-order valence-electron chi connectivity index (χ3n) is 3.62. The molecule has 3 nitrogen and oxygen atoms in total. The van der Waals surface area contributed by atoms with Crippen molar-refractivity contribution in [2.24, 2.45) is 0 Å². The Bertz CT molecular complexity index is 451. The van der Waals surface area contributed by atoms with Crippen molar-refractivity contribution in [1.82, 2.24) is 0 Å². The van der Waals surface area contributed by atoms with E-state index < -0.39 is 5.97 Å². The number of carbonyl (C=O) groups excluding carboxylic acids is 1. The standard InChI is InChI=1S/C13H14O3/c14-12(15)7-9-2-1-8-3-4-11-10(13(8)9)5-6-16-11/h3-4,9H,1-2,5-7H2,(H,14,15)/p+1/t9-/m1/s1. The van der Waals surface area contributed by atoms with Crippen LogP contribution in [0.15, 0.2) is 12.1 Å². The number of benzene rings is 1. The molecule has 2 N–H and O–H groups in total. The van der Waals surface area contributed by atoms with Gasteiger partial charge in [-0.05, 0) is 30.0 Å². The Balaban J connectivity index is 2.03. The molecular weight excluding hydrogens is 204 g/mol. The molecule has 1 aliphatic heterocycles. The highest BCUT2D eigenvalue weighted by atomic mass is 16.5. The summed E-state index contributed by atoms with van der Waals surface area (Å²) in [6, 6.07) is 4.17. The molecule has 0 bridgehead atoms. The van der Waals surface area contributed by atoms with Crippen LogP contribution in [-0.4, -0.2) is 17.7 Å². The lowest BCUT2D eigenvalue weighted by atomic mass is 9.92. The van der Waals surface area contributed by atoms with Crippen molar-refractivity contribution in [2.45, 2.75) is 31.6 Å². The minimum atomic E-state index is -0.450. The molecule has 0 spiro atoms. The summed E-state index contributed by atoms with van der Waals surface area (Å²) in [7, 11) is 0.